The van der Waals surface area contributed by atoms with E-state index >= 15 is 0 Å². The van der Waals surface area contributed by atoms with Gasteiger partial charge >= 0.3 is 0 Å². The van der Waals surface area contributed by atoms with Crippen LogP contribution in [0.1, 0.15) is 32.4 Å². The lowest BCUT2D eigenvalue weighted by Gasteiger charge is -2.17. The van der Waals surface area contributed by atoms with Gasteiger partial charge in [-0.1, -0.05) is 26.0 Å². The largest absolute Gasteiger partial charge is 0.378 e. The predicted molar refractivity (Wildman–Crippen MR) is 85.0 cm³/mol. The standard InChI is InChI=1S/C16H27N3O/c1-12(2)16(20)18-11-10-17-13(3)14-6-8-15(9-7-14)19(4)5/h6-9,12-13,17H,10-11H2,1-5H3,(H,18,20). The molecule has 0 heterocycles. The summed E-state index contributed by atoms with van der Waals surface area (Å²) >= 11 is 0. The topological polar surface area (TPSA) is 44.4 Å². The Morgan fingerprint density at radius 2 is 1.70 bits per heavy atom. The molecule has 20 heavy (non-hydrogen) atoms. The normalized spacial score (nSPS) is 12.3. The number of hydrogen-bond acceptors (Lipinski definition) is 3. The van der Waals surface area contributed by atoms with Crippen molar-refractivity contribution < 1.29 is 4.79 Å². The molecule has 0 saturated carbocycles. The van der Waals surface area contributed by atoms with Crippen molar-refractivity contribution in [3.8, 4) is 0 Å². The molecule has 0 fully saturated rings. The monoisotopic (exact) mass is 277 g/mol. The number of anilines is 1. The van der Waals surface area contributed by atoms with Crippen molar-refractivity contribution in [2.75, 3.05) is 32.1 Å². The molecule has 1 unspecified atom stereocenters. The van der Waals surface area contributed by atoms with E-state index in [1.54, 1.807) is 0 Å². The second kappa shape index (κ2) is 7.90. The van der Waals surface area contributed by atoms with Crippen molar-refractivity contribution in [1.82, 2.24) is 10.6 Å². The van der Waals surface area contributed by atoms with Crippen LogP contribution in [0, 0.1) is 5.92 Å². The highest BCUT2D eigenvalue weighted by Crippen LogP contribution is 2.17. The lowest BCUT2D eigenvalue weighted by Crippen LogP contribution is -2.35. The summed E-state index contributed by atoms with van der Waals surface area (Å²) in [5.41, 5.74) is 2.45. The van der Waals surface area contributed by atoms with Crippen molar-refractivity contribution in [1.29, 1.82) is 0 Å². The van der Waals surface area contributed by atoms with Crippen LogP contribution in [0.3, 0.4) is 0 Å². The van der Waals surface area contributed by atoms with Crippen molar-refractivity contribution in [3.63, 3.8) is 0 Å². The van der Waals surface area contributed by atoms with Gasteiger partial charge in [-0.05, 0) is 24.6 Å². The lowest BCUT2D eigenvalue weighted by atomic mass is 10.1. The molecule has 112 valence electrons. The molecule has 2 N–H and O–H groups in total. The van der Waals surface area contributed by atoms with Crippen LogP contribution in [0.25, 0.3) is 0 Å². The quantitative estimate of drug-likeness (QED) is 0.751. The van der Waals surface area contributed by atoms with Gasteiger partial charge in [0.2, 0.25) is 5.91 Å². The third-order valence-corrected chi connectivity index (χ3v) is 3.31. The van der Waals surface area contributed by atoms with Crippen molar-refractivity contribution in [3.05, 3.63) is 29.8 Å². The molecule has 0 spiro atoms. The van der Waals surface area contributed by atoms with E-state index in [0.29, 0.717) is 6.54 Å². The van der Waals surface area contributed by atoms with Gasteiger partial charge in [-0.3, -0.25) is 4.79 Å². The summed E-state index contributed by atoms with van der Waals surface area (Å²) in [4.78, 5) is 13.5. The van der Waals surface area contributed by atoms with E-state index in [1.807, 2.05) is 27.9 Å². The van der Waals surface area contributed by atoms with Gasteiger partial charge < -0.3 is 15.5 Å². The van der Waals surface area contributed by atoms with Gasteiger partial charge in [-0.25, -0.2) is 0 Å². The summed E-state index contributed by atoms with van der Waals surface area (Å²) < 4.78 is 0. The van der Waals surface area contributed by atoms with E-state index < -0.39 is 0 Å². The van der Waals surface area contributed by atoms with Crippen LogP contribution < -0.4 is 15.5 Å². The Morgan fingerprint density at radius 3 is 2.20 bits per heavy atom. The summed E-state index contributed by atoms with van der Waals surface area (Å²) in [6, 6.07) is 8.80. The number of carbonyl (C=O) groups excluding carboxylic acids is 1. The molecule has 0 aliphatic rings. The molecule has 1 amide bonds. The Labute approximate surface area is 122 Å². The second-order valence-electron chi connectivity index (χ2n) is 5.61. The summed E-state index contributed by atoms with van der Waals surface area (Å²) in [7, 11) is 4.07. The zero-order valence-electron chi connectivity index (χ0n) is 13.2. The minimum atomic E-state index is 0.0472. The maximum absolute atomic E-state index is 11.4. The fraction of sp³-hybridized carbons (Fsp3) is 0.562. The lowest BCUT2D eigenvalue weighted by molar-refractivity contribution is -0.123. The van der Waals surface area contributed by atoms with Crippen molar-refractivity contribution >= 4 is 11.6 Å². The first-order valence-electron chi connectivity index (χ1n) is 7.20. The fourth-order valence-electron chi connectivity index (χ4n) is 1.86. The van der Waals surface area contributed by atoms with Gasteiger partial charge in [0.1, 0.15) is 0 Å². The molecule has 4 nitrogen and oxygen atoms in total. The highest BCUT2D eigenvalue weighted by atomic mass is 16.1. The van der Waals surface area contributed by atoms with Gasteiger partial charge in [0.15, 0.2) is 0 Å². The SMILES string of the molecule is CC(C)C(=O)NCCNC(C)c1ccc(N(C)C)cc1. The zero-order chi connectivity index (χ0) is 15.1. The maximum Gasteiger partial charge on any atom is 0.222 e. The van der Waals surface area contributed by atoms with Crippen LogP contribution in [-0.4, -0.2) is 33.1 Å². The van der Waals surface area contributed by atoms with E-state index in [4.69, 9.17) is 0 Å². The van der Waals surface area contributed by atoms with E-state index in [0.717, 1.165) is 6.54 Å². The number of amides is 1. The molecule has 0 aliphatic carbocycles. The van der Waals surface area contributed by atoms with Gasteiger partial charge in [-0.2, -0.15) is 0 Å². The molecule has 0 radical (unpaired) electrons. The number of nitrogens with zero attached hydrogens (tertiary/aromatic N) is 1. The average Bonchev–Trinajstić information content (AvgIpc) is 2.43. The second-order valence-corrected chi connectivity index (χ2v) is 5.61. The molecule has 1 atom stereocenters. The molecule has 0 saturated heterocycles. The molecule has 1 aromatic carbocycles. The van der Waals surface area contributed by atoms with Crippen LogP contribution in [0.2, 0.25) is 0 Å². The maximum atomic E-state index is 11.4. The summed E-state index contributed by atoms with van der Waals surface area (Å²) in [6.07, 6.45) is 0. The number of hydrogen-bond donors (Lipinski definition) is 2. The van der Waals surface area contributed by atoms with E-state index in [1.165, 1.54) is 11.3 Å². The first kappa shape index (κ1) is 16.5. The number of rotatable bonds is 7. The van der Waals surface area contributed by atoms with Crippen molar-refractivity contribution in [2.24, 2.45) is 5.92 Å². The third-order valence-electron chi connectivity index (χ3n) is 3.31. The first-order valence-corrected chi connectivity index (χ1v) is 7.20. The minimum absolute atomic E-state index is 0.0472. The molecule has 0 aliphatic heterocycles. The molecule has 0 bridgehead atoms. The smallest absolute Gasteiger partial charge is 0.222 e. The van der Waals surface area contributed by atoms with Gasteiger partial charge in [0, 0.05) is 44.8 Å². The van der Waals surface area contributed by atoms with Crippen LogP contribution >= 0.6 is 0 Å². The Bertz CT molecular complexity index is 412. The van der Waals surface area contributed by atoms with E-state index in [2.05, 4.69) is 46.7 Å². The van der Waals surface area contributed by atoms with Gasteiger partial charge in [0.05, 0.1) is 0 Å². The Hall–Kier alpha value is -1.55. The number of carbonyl (C=O) groups is 1. The van der Waals surface area contributed by atoms with Crippen LogP contribution in [-0.2, 0) is 4.79 Å². The first-order chi connectivity index (χ1) is 9.41. The molecule has 4 heteroatoms. The Morgan fingerprint density at radius 1 is 1.10 bits per heavy atom. The van der Waals surface area contributed by atoms with Crippen LogP contribution in [0.15, 0.2) is 24.3 Å². The highest BCUT2D eigenvalue weighted by molar-refractivity contribution is 5.77. The van der Waals surface area contributed by atoms with Crippen LogP contribution in [0.4, 0.5) is 5.69 Å². The number of nitrogens with one attached hydrogen (secondary N) is 2. The summed E-state index contributed by atoms with van der Waals surface area (Å²) in [5, 5.41) is 6.32. The summed E-state index contributed by atoms with van der Waals surface area (Å²) in [6.45, 7) is 7.37. The van der Waals surface area contributed by atoms with Gasteiger partial charge in [-0.15, -0.1) is 0 Å². The molecular weight excluding hydrogens is 250 g/mol. The molecule has 1 rings (SSSR count). The number of benzene rings is 1. The summed E-state index contributed by atoms with van der Waals surface area (Å²) in [5.74, 6) is 0.154. The predicted octanol–water partition coefficient (Wildman–Crippen LogP) is 2.18. The van der Waals surface area contributed by atoms with Crippen molar-refractivity contribution in [2.45, 2.75) is 26.8 Å². The van der Waals surface area contributed by atoms with E-state index in [-0.39, 0.29) is 17.9 Å². The molecule has 0 aromatic heterocycles. The third kappa shape index (κ3) is 5.21. The zero-order valence-corrected chi connectivity index (χ0v) is 13.2. The Kier molecular flexibility index (Phi) is 6.52. The average molecular weight is 277 g/mol. The fourth-order valence-corrected chi connectivity index (χ4v) is 1.86. The molecule has 1 aromatic rings. The van der Waals surface area contributed by atoms with Gasteiger partial charge in [0.25, 0.3) is 0 Å². The minimum Gasteiger partial charge on any atom is -0.378 e. The Balaban J connectivity index is 2.35. The molecular formula is C16H27N3O. The van der Waals surface area contributed by atoms with Crippen LogP contribution in [0.5, 0.6) is 0 Å². The van der Waals surface area contributed by atoms with E-state index in [9.17, 15) is 4.79 Å². The highest BCUT2D eigenvalue weighted by Gasteiger charge is 2.07.